The molecule has 0 aliphatic carbocycles. The lowest BCUT2D eigenvalue weighted by molar-refractivity contribution is 0.173. The molecule has 2 amide bonds. The summed E-state index contributed by atoms with van der Waals surface area (Å²) in [6, 6.07) is 8.46. The molecule has 1 aromatic carbocycles. The third kappa shape index (κ3) is 4.50. The second-order valence-electron chi connectivity index (χ2n) is 4.43. The van der Waals surface area contributed by atoms with E-state index < -0.39 is 6.10 Å². The van der Waals surface area contributed by atoms with E-state index in [4.69, 9.17) is 4.74 Å². The van der Waals surface area contributed by atoms with Crippen LogP contribution in [0.2, 0.25) is 0 Å². The molecule has 0 unspecified atom stereocenters. The van der Waals surface area contributed by atoms with Crippen molar-refractivity contribution >= 4 is 6.03 Å². The highest BCUT2D eigenvalue weighted by Gasteiger charge is 2.09. The third-order valence-electron chi connectivity index (χ3n) is 2.95. The van der Waals surface area contributed by atoms with Gasteiger partial charge in [0.05, 0.1) is 25.5 Å². The molecule has 2 aromatic rings. The minimum Gasteiger partial charge on any atom is -0.497 e. The second-order valence-corrected chi connectivity index (χ2v) is 4.43. The number of aliphatic hydroxyl groups excluding tert-OH is 1. The van der Waals surface area contributed by atoms with Crippen LogP contribution in [0.3, 0.4) is 0 Å². The van der Waals surface area contributed by atoms with Crippen molar-refractivity contribution in [2.75, 3.05) is 13.7 Å². The topological polar surface area (TPSA) is 99.3 Å². The summed E-state index contributed by atoms with van der Waals surface area (Å²) >= 11 is 0. The molecular formula is C14H18N4O3. The molecule has 0 aliphatic heterocycles. The third-order valence-corrected chi connectivity index (χ3v) is 2.95. The Labute approximate surface area is 122 Å². The van der Waals surface area contributed by atoms with E-state index in [1.165, 1.54) is 0 Å². The summed E-state index contributed by atoms with van der Waals surface area (Å²) in [6.45, 7) is 0.478. The highest BCUT2D eigenvalue weighted by Crippen LogP contribution is 2.16. The van der Waals surface area contributed by atoms with Crippen LogP contribution in [0.1, 0.15) is 17.4 Å². The number of carbonyl (C=O) groups excluding carboxylic acids is 1. The second kappa shape index (κ2) is 7.30. The summed E-state index contributed by atoms with van der Waals surface area (Å²) in [5, 5.41) is 21.8. The fraction of sp³-hybridized carbons (Fsp3) is 0.286. The Morgan fingerprint density at radius 3 is 2.71 bits per heavy atom. The molecule has 1 aromatic heterocycles. The van der Waals surface area contributed by atoms with Crippen LogP contribution >= 0.6 is 0 Å². The molecule has 7 nitrogen and oxygen atoms in total. The first-order chi connectivity index (χ1) is 10.2. The van der Waals surface area contributed by atoms with Crippen LogP contribution in [0.25, 0.3) is 0 Å². The van der Waals surface area contributed by atoms with Gasteiger partial charge in [0.15, 0.2) is 0 Å². The van der Waals surface area contributed by atoms with E-state index in [1.54, 1.807) is 43.6 Å². The Morgan fingerprint density at radius 2 is 2.10 bits per heavy atom. The first-order valence-corrected chi connectivity index (χ1v) is 6.51. The van der Waals surface area contributed by atoms with Gasteiger partial charge in [-0.3, -0.25) is 5.10 Å². The predicted molar refractivity (Wildman–Crippen MR) is 76.8 cm³/mol. The molecule has 0 spiro atoms. The van der Waals surface area contributed by atoms with Crippen LogP contribution < -0.4 is 15.4 Å². The molecule has 21 heavy (non-hydrogen) atoms. The number of hydrogen-bond acceptors (Lipinski definition) is 4. The number of amides is 2. The molecule has 1 heterocycles. The van der Waals surface area contributed by atoms with Gasteiger partial charge in [0, 0.05) is 12.7 Å². The zero-order valence-corrected chi connectivity index (χ0v) is 11.7. The fourth-order valence-electron chi connectivity index (χ4n) is 1.75. The zero-order valence-electron chi connectivity index (χ0n) is 11.7. The molecule has 0 saturated heterocycles. The van der Waals surface area contributed by atoms with E-state index in [2.05, 4.69) is 20.8 Å². The van der Waals surface area contributed by atoms with Gasteiger partial charge in [-0.15, -0.1) is 0 Å². The number of nitrogens with zero attached hydrogens (tertiary/aromatic N) is 1. The largest absolute Gasteiger partial charge is 0.497 e. The quantitative estimate of drug-likeness (QED) is 0.636. The number of carbonyl (C=O) groups is 1. The average Bonchev–Trinajstić information content (AvgIpc) is 3.04. The van der Waals surface area contributed by atoms with Gasteiger partial charge in [0.2, 0.25) is 0 Å². The number of hydrogen-bond donors (Lipinski definition) is 4. The van der Waals surface area contributed by atoms with E-state index in [0.717, 1.165) is 11.4 Å². The molecule has 1 atom stereocenters. The maximum absolute atomic E-state index is 11.6. The van der Waals surface area contributed by atoms with E-state index in [0.29, 0.717) is 12.1 Å². The van der Waals surface area contributed by atoms with Gasteiger partial charge in [0.25, 0.3) is 0 Å². The standard InChI is InChI=1S/C14H18N4O3/c1-21-12-4-2-10(3-5-12)13(19)9-16-14(20)15-8-11-6-7-17-18-11/h2-7,13,19H,8-9H2,1H3,(H,17,18)(H2,15,16,20)/t13-/m1/s1. The Bertz CT molecular complexity index is 554. The summed E-state index contributed by atoms with van der Waals surface area (Å²) in [6.07, 6.45) is 0.844. The Morgan fingerprint density at radius 1 is 1.33 bits per heavy atom. The van der Waals surface area contributed by atoms with Gasteiger partial charge < -0.3 is 20.5 Å². The SMILES string of the molecule is COc1ccc([C@H](O)CNC(=O)NCc2ccn[nH]2)cc1. The minimum absolute atomic E-state index is 0.126. The lowest BCUT2D eigenvalue weighted by atomic mass is 10.1. The Balaban J connectivity index is 1.74. The van der Waals surface area contributed by atoms with Gasteiger partial charge in [-0.05, 0) is 23.8 Å². The number of ether oxygens (including phenoxy) is 1. The normalized spacial score (nSPS) is 11.7. The highest BCUT2D eigenvalue weighted by molar-refractivity contribution is 5.73. The molecule has 0 aliphatic rings. The van der Waals surface area contributed by atoms with Crippen LogP contribution in [0.15, 0.2) is 36.5 Å². The van der Waals surface area contributed by atoms with Gasteiger partial charge in [0.1, 0.15) is 5.75 Å². The van der Waals surface area contributed by atoms with E-state index in [-0.39, 0.29) is 12.6 Å². The van der Waals surface area contributed by atoms with Crippen LogP contribution in [0.4, 0.5) is 4.79 Å². The molecule has 0 bridgehead atoms. The first kappa shape index (κ1) is 14.9. The first-order valence-electron chi connectivity index (χ1n) is 6.51. The molecular weight excluding hydrogens is 272 g/mol. The van der Waals surface area contributed by atoms with Crippen LogP contribution in [0, 0.1) is 0 Å². The number of H-pyrrole nitrogens is 1. The van der Waals surface area contributed by atoms with Crippen LogP contribution in [-0.2, 0) is 6.54 Å². The number of aliphatic hydroxyl groups is 1. The molecule has 112 valence electrons. The molecule has 2 rings (SSSR count). The number of nitrogens with one attached hydrogen (secondary N) is 3. The number of rotatable bonds is 6. The molecule has 0 radical (unpaired) electrons. The Hall–Kier alpha value is -2.54. The molecule has 0 fully saturated rings. The summed E-state index contributed by atoms with van der Waals surface area (Å²) in [7, 11) is 1.58. The van der Waals surface area contributed by atoms with Crippen molar-refractivity contribution in [2.45, 2.75) is 12.6 Å². The van der Waals surface area contributed by atoms with E-state index in [1.807, 2.05) is 0 Å². The summed E-state index contributed by atoms with van der Waals surface area (Å²) in [5.74, 6) is 0.719. The number of aromatic amines is 1. The van der Waals surface area contributed by atoms with Crippen LogP contribution in [-0.4, -0.2) is 35.0 Å². The lowest BCUT2D eigenvalue weighted by Crippen LogP contribution is -2.37. The highest BCUT2D eigenvalue weighted by atomic mass is 16.5. The van der Waals surface area contributed by atoms with Crippen molar-refractivity contribution in [3.8, 4) is 5.75 Å². The number of aromatic nitrogens is 2. The van der Waals surface area contributed by atoms with Crippen molar-refractivity contribution in [2.24, 2.45) is 0 Å². The van der Waals surface area contributed by atoms with Crippen molar-refractivity contribution < 1.29 is 14.6 Å². The predicted octanol–water partition coefficient (Wildman–Crippen LogP) is 0.951. The molecule has 0 saturated carbocycles. The maximum Gasteiger partial charge on any atom is 0.315 e. The van der Waals surface area contributed by atoms with Crippen molar-refractivity contribution in [1.29, 1.82) is 0 Å². The number of urea groups is 1. The van der Waals surface area contributed by atoms with Gasteiger partial charge in [-0.2, -0.15) is 5.10 Å². The zero-order chi connectivity index (χ0) is 15.1. The maximum atomic E-state index is 11.6. The fourth-order valence-corrected chi connectivity index (χ4v) is 1.75. The number of benzene rings is 1. The molecule has 4 N–H and O–H groups in total. The van der Waals surface area contributed by atoms with Crippen molar-refractivity contribution in [3.05, 3.63) is 47.8 Å². The van der Waals surface area contributed by atoms with E-state index in [9.17, 15) is 9.90 Å². The van der Waals surface area contributed by atoms with Gasteiger partial charge in [-0.1, -0.05) is 12.1 Å². The number of methoxy groups -OCH3 is 1. The Kier molecular flexibility index (Phi) is 5.16. The summed E-state index contributed by atoms with van der Waals surface area (Å²) in [5.41, 5.74) is 1.52. The monoisotopic (exact) mass is 290 g/mol. The lowest BCUT2D eigenvalue weighted by Gasteiger charge is -2.13. The summed E-state index contributed by atoms with van der Waals surface area (Å²) in [4.78, 5) is 11.6. The smallest absolute Gasteiger partial charge is 0.315 e. The van der Waals surface area contributed by atoms with Crippen molar-refractivity contribution in [3.63, 3.8) is 0 Å². The van der Waals surface area contributed by atoms with Gasteiger partial charge >= 0.3 is 6.03 Å². The van der Waals surface area contributed by atoms with Gasteiger partial charge in [-0.25, -0.2) is 4.79 Å². The van der Waals surface area contributed by atoms with Crippen molar-refractivity contribution in [1.82, 2.24) is 20.8 Å². The van der Waals surface area contributed by atoms with E-state index >= 15 is 0 Å². The molecule has 7 heteroatoms. The van der Waals surface area contributed by atoms with Crippen LogP contribution in [0.5, 0.6) is 5.75 Å². The minimum atomic E-state index is -0.770. The average molecular weight is 290 g/mol. The summed E-state index contributed by atoms with van der Waals surface area (Å²) < 4.78 is 5.04.